The maximum Gasteiger partial charge on any atom is 0.322 e. The average Bonchev–Trinajstić information content (AvgIpc) is 2.52. The number of hydrogen-bond acceptors (Lipinski definition) is 3. The van der Waals surface area contributed by atoms with Crippen molar-refractivity contribution in [1.82, 2.24) is 10.6 Å². The van der Waals surface area contributed by atoms with E-state index in [-0.39, 0.29) is 11.8 Å². The van der Waals surface area contributed by atoms with Crippen LogP contribution in [0.25, 0.3) is 0 Å². The molecule has 0 saturated carbocycles. The maximum atomic E-state index is 12.0. The Hall–Kier alpha value is -1.59. The van der Waals surface area contributed by atoms with E-state index < -0.39 is 24.5 Å². The van der Waals surface area contributed by atoms with Gasteiger partial charge in [-0.05, 0) is 12.3 Å². The summed E-state index contributed by atoms with van der Waals surface area (Å²) in [6.45, 7) is 5.41. The van der Waals surface area contributed by atoms with Gasteiger partial charge in [-0.3, -0.25) is 14.4 Å². The number of carboxylic acid groups (broad SMARTS) is 1. The maximum absolute atomic E-state index is 12.0. The first kappa shape index (κ1) is 22.4. The van der Waals surface area contributed by atoms with E-state index in [0.717, 1.165) is 19.3 Å². The number of rotatable bonds is 14. The normalized spacial score (nSPS) is 12.0. The molecule has 2 amide bonds. The zero-order valence-electron chi connectivity index (χ0n) is 15.4. The Balaban J connectivity index is 3.95. The van der Waals surface area contributed by atoms with Crippen LogP contribution in [0, 0.1) is 5.92 Å². The van der Waals surface area contributed by atoms with Gasteiger partial charge < -0.3 is 15.7 Å². The number of carbonyl (C=O) groups is 3. The quantitative estimate of drug-likeness (QED) is 0.423. The van der Waals surface area contributed by atoms with E-state index >= 15 is 0 Å². The molecule has 6 nitrogen and oxygen atoms in total. The van der Waals surface area contributed by atoms with E-state index in [9.17, 15) is 14.4 Å². The van der Waals surface area contributed by atoms with Gasteiger partial charge in [-0.2, -0.15) is 0 Å². The monoisotopic (exact) mass is 342 g/mol. The third kappa shape index (κ3) is 11.9. The first-order valence-corrected chi connectivity index (χ1v) is 9.17. The molecule has 3 N–H and O–H groups in total. The molecule has 0 spiro atoms. The van der Waals surface area contributed by atoms with Crippen molar-refractivity contribution in [3.63, 3.8) is 0 Å². The number of carbonyl (C=O) groups excluding carboxylic acids is 2. The fourth-order valence-electron chi connectivity index (χ4n) is 2.47. The summed E-state index contributed by atoms with van der Waals surface area (Å²) in [5.74, 6) is -1.79. The van der Waals surface area contributed by atoms with Crippen LogP contribution in [0.1, 0.15) is 78.6 Å². The summed E-state index contributed by atoms with van der Waals surface area (Å²) < 4.78 is 0. The van der Waals surface area contributed by atoms with Crippen molar-refractivity contribution < 1.29 is 19.5 Å². The summed E-state index contributed by atoms with van der Waals surface area (Å²) in [5, 5.41) is 13.6. The van der Waals surface area contributed by atoms with Gasteiger partial charge >= 0.3 is 5.97 Å². The fourth-order valence-corrected chi connectivity index (χ4v) is 2.47. The summed E-state index contributed by atoms with van der Waals surface area (Å²) >= 11 is 0. The van der Waals surface area contributed by atoms with E-state index in [4.69, 9.17) is 5.11 Å². The number of unbranched alkanes of at least 4 members (excludes halogenated alkanes) is 7. The molecule has 0 radical (unpaired) electrons. The molecule has 0 aromatic rings. The topological polar surface area (TPSA) is 95.5 Å². The Labute approximate surface area is 145 Å². The van der Waals surface area contributed by atoms with Crippen LogP contribution in [0.2, 0.25) is 0 Å². The summed E-state index contributed by atoms with van der Waals surface area (Å²) in [6.07, 6.45) is 9.71. The zero-order valence-corrected chi connectivity index (χ0v) is 15.4. The van der Waals surface area contributed by atoms with Gasteiger partial charge in [0.2, 0.25) is 11.8 Å². The highest BCUT2D eigenvalue weighted by atomic mass is 16.4. The highest BCUT2D eigenvalue weighted by Crippen LogP contribution is 2.10. The van der Waals surface area contributed by atoms with Gasteiger partial charge in [-0.1, -0.05) is 65.7 Å². The summed E-state index contributed by atoms with van der Waals surface area (Å²) in [6, 6.07) is -0.689. The second kappa shape index (κ2) is 13.8. The largest absolute Gasteiger partial charge is 0.480 e. The van der Waals surface area contributed by atoms with Crippen molar-refractivity contribution in [2.24, 2.45) is 5.92 Å². The summed E-state index contributed by atoms with van der Waals surface area (Å²) in [4.78, 5) is 34.4. The molecule has 0 aliphatic heterocycles. The molecule has 0 rings (SSSR count). The Bertz CT molecular complexity index is 383. The number of hydrogen-bond donors (Lipinski definition) is 3. The average molecular weight is 342 g/mol. The number of nitrogens with one attached hydrogen (secondary N) is 2. The lowest BCUT2D eigenvalue weighted by atomic mass is 10.0. The lowest BCUT2D eigenvalue weighted by molar-refractivity contribution is -0.138. The van der Waals surface area contributed by atoms with Crippen molar-refractivity contribution in [1.29, 1.82) is 0 Å². The van der Waals surface area contributed by atoms with Crippen molar-refractivity contribution in [3.8, 4) is 0 Å². The van der Waals surface area contributed by atoms with E-state index in [0.29, 0.717) is 6.42 Å². The van der Waals surface area contributed by atoms with E-state index in [1.807, 2.05) is 13.8 Å². The molecule has 0 aliphatic rings. The minimum Gasteiger partial charge on any atom is -0.480 e. The van der Waals surface area contributed by atoms with E-state index in [1.165, 1.54) is 32.1 Å². The minimum atomic E-state index is -1.10. The second-order valence-corrected chi connectivity index (χ2v) is 6.63. The molecule has 0 aromatic carbocycles. The summed E-state index contributed by atoms with van der Waals surface area (Å²) in [7, 11) is 0. The van der Waals surface area contributed by atoms with Crippen LogP contribution in [-0.4, -0.2) is 35.5 Å². The first-order chi connectivity index (χ1) is 11.4. The van der Waals surface area contributed by atoms with Crippen LogP contribution in [0.3, 0.4) is 0 Å². The molecule has 6 heteroatoms. The van der Waals surface area contributed by atoms with Crippen LogP contribution < -0.4 is 10.6 Å². The van der Waals surface area contributed by atoms with Crippen molar-refractivity contribution in [3.05, 3.63) is 0 Å². The Morgan fingerprint density at radius 3 is 1.96 bits per heavy atom. The SMILES string of the molecule is CCCCCCCCCCC(=O)N[C@H](C(=O)NCC(=O)O)C(C)C. The second-order valence-electron chi connectivity index (χ2n) is 6.63. The zero-order chi connectivity index (χ0) is 18.4. The molecule has 0 unspecified atom stereocenters. The molecular weight excluding hydrogens is 308 g/mol. The highest BCUT2D eigenvalue weighted by Gasteiger charge is 2.24. The molecule has 0 aliphatic carbocycles. The molecule has 1 atom stereocenters. The molecule has 140 valence electrons. The van der Waals surface area contributed by atoms with Crippen LogP contribution in [0.15, 0.2) is 0 Å². The Morgan fingerprint density at radius 1 is 0.917 bits per heavy atom. The van der Waals surface area contributed by atoms with Gasteiger partial charge in [0.05, 0.1) is 0 Å². The molecule has 0 fully saturated rings. The Morgan fingerprint density at radius 2 is 1.46 bits per heavy atom. The van der Waals surface area contributed by atoms with Gasteiger partial charge in [-0.15, -0.1) is 0 Å². The third-order valence-corrected chi connectivity index (χ3v) is 3.94. The van der Waals surface area contributed by atoms with Crippen LogP contribution in [0.4, 0.5) is 0 Å². The first-order valence-electron chi connectivity index (χ1n) is 9.17. The van der Waals surface area contributed by atoms with Gasteiger partial charge in [0.15, 0.2) is 0 Å². The van der Waals surface area contributed by atoms with E-state index in [2.05, 4.69) is 17.6 Å². The Kier molecular flexibility index (Phi) is 12.9. The molecular formula is C18H34N2O4. The van der Waals surface area contributed by atoms with Gasteiger partial charge in [0.1, 0.15) is 12.6 Å². The lowest BCUT2D eigenvalue weighted by Crippen LogP contribution is -2.50. The predicted molar refractivity (Wildman–Crippen MR) is 94.6 cm³/mol. The van der Waals surface area contributed by atoms with Crippen molar-refractivity contribution in [2.75, 3.05) is 6.54 Å². The number of amides is 2. The number of aliphatic carboxylic acids is 1. The van der Waals surface area contributed by atoms with Crippen molar-refractivity contribution >= 4 is 17.8 Å². The molecule has 24 heavy (non-hydrogen) atoms. The molecule has 0 bridgehead atoms. The minimum absolute atomic E-state index is 0.0960. The highest BCUT2D eigenvalue weighted by molar-refractivity contribution is 5.89. The lowest BCUT2D eigenvalue weighted by Gasteiger charge is -2.21. The van der Waals surface area contributed by atoms with Gasteiger partial charge in [0, 0.05) is 6.42 Å². The smallest absolute Gasteiger partial charge is 0.322 e. The predicted octanol–water partition coefficient (Wildman–Crippen LogP) is 2.86. The fraction of sp³-hybridized carbons (Fsp3) is 0.833. The van der Waals surface area contributed by atoms with Crippen LogP contribution in [-0.2, 0) is 14.4 Å². The molecule has 0 heterocycles. The van der Waals surface area contributed by atoms with Crippen molar-refractivity contribution in [2.45, 2.75) is 84.6 Å². The summed E-state index contributed by atoms with van der Waals surface area (Å²) in [5.41, 5.74) is 0. The van der Waals surface area contributed by atoms with Gasteiger partial charge in [0.25, 0.3) is 0 Å². The third-order valence-electron chi connectivity index (χ3n) is 3.94. The van der Waals surface area contributed by atoms with E-state index in [1.54, 1.807) is 0 Å². The van der Waals surface area contributed by atoms with Gasteiger partial charge in [-0.25, -0.2) is 0 Å². The molecule has 0 saturated heterocycles. The number of carboxylic acids is 1. The van der Waals surface area contributed by atoms with Crippen LogP contribution >= 0.6 is 0 Å². The molecule has 0 aromatic heterocycles. The van der Waals surface area contributed by atoms with Crippen LogP contribution in [0.5, 0.6) is 0 Å². The standard InChI is InChI=1S/C18H34N2O4/c1-4-5-6-7-8-9-10-11-12-15(21)20-17(14(2)3)18(24)19-13-16(22)23/h14,17H,4-13H2,1-3H3,(H,19,24)(H,20,21)(H,22,23)/t17-/m0/s1.